The molecule has 90 valence electrons. The molecule has 4 heteroatoms. The Balaban J connectivity index is 2.16. The smallest absolute Gasteiger partial charge is 0.111 e. The first kappa shape index (κ1) is 10.6. The van der Waals surface area contributed by atoms with Crippen LogP contribution in [0.5, 0.6) is 0 Å². The van der Waals surface area contributed by atoms with Crippen LogP contribution in [0.15, 0.2) is 18.2 Å². The summed E-state index contributed by atoms with van der Waals surface area (Å²) in [7, 11) is 0. The van der Waals surface area contributed by atoms with E-state index in [9.17, 15) is 0 Å². The summed E-state index contributed by atoms with van der Waals surface area (Å²) >= 11 is 0. The number of fused-ring (bicyclic) bond motifs is 1. The highest BCUT2D eigenvalue weighted by atomic mass is 15.1. The zero-order valence-corrected chi connectivity index (χ0v) is 9.89. The van der Waals surface area contributed by atoms with E-state index in [0.29, 0.717) is 12.6 Å². The summed E-state index contributed by atoms with van der Waals surface area (Å²) in [5, 5.41) is 0. The summed E-state index contributed by atoms with van der Waals surface area (Å²) < 4.78 is 2.37. The van der Waals surface area contributed by atoms with Gasteiger partial charge in [0.1, 0.15) is 5.82 Å². The Labute approximate surface area is 101 Å². The minimum atomic E-state index is 0.616. The number of benzene rings is 1. The Morgan fingerprint density at radius 3 is 2.82 bits per heavy atom. The molecule has 0 spiro atoms. The van der Waals surface area contributed by atoms with Gasteiger partial charge in [-0.2, -0.15) is 0 Å². The van der Waals surface area contributed by atoms with Gasteiger partial charge >= 0.3 is 0 Å². The first-order valence-electron chi connectivity index (χ1n) is 6.26. The van der Waals surface area contributed by atoms with Gasteiger partial charge in [0.2, 0.25) is 0 Å². The summed E-state index contributed by atoms with van der Waals surface area (Å²) in [6.07, 6.45) is 4.67. The van der Waals surface area contributed by atoms with Crippen LogP contribution in [0, 0.1) is 0 Å². The summed E-state index contributed by atoms with van der Waals surface area (Å²) in [5.41, 5.74) is 14.4. The number of imidazole rings is 1. The summed E-state index contributed by atoms with van der Waals surface area (Å²) in [5.74, 6) is 1.11. The molecule has 4 N–H and O–H groups in total. The number of nitrogen functional groups attached to an aromatic ring is 1. The molecule has 0 atom stereocenters. The Morgan fingerprint density at radius 2 is 2.18 bits per heavy atom. The van der Waals surface area contributed by atoms with Crippen molar-refractivity contribution in [1.82, 2.24) is 9.55 Å². The minimum absolute atomic E-state index is 0.616. The summed E-state index contributed by atoms with van der Waals surface area (Å²) in [6, 6.07) is 6.59. The standard InChI is InChI=1S/C13H18N4/c14-7-6-13-16-11-8-9(15)4-5-12(11)17(13)10-2-1-3-10/h4-5,8,10H,1-3,6-7,14-15H2. The third kappa shape index (κ3) is 1.69. The maximum atomic E-state index is 5.81. The second kappa shape index (κ2) is 4.04. The number of aromatic nitrogens is 2. The van der Waals surface area contributed by atoms with Crippen LogP contribution < -0.4 is 11.5 Å². The fourth-order valence-electron chi connectivity index (χ4n) is 2.52. The maximum absolute atomic E-state index is 5.81. The van der Waals surface area contributed by atoms with E-state index in [0.717, 1.165) is 23.4 Å². The van der Waals surface area contributed by atoms with E-state index in [1.807, 2.05) is 12.1 Å². The minimum Gasteiger partial charge on any atom is -0.399 e. The predicted octanol–water partition coefficient (Wildman–Crippen LogP) is 1.84. The van der Waals surface area contributed by atoms with E-state index in [4.69, 9.17) is 11.5 Å². The summed E-state index contributed by atoms with van der Waals surface area (Å²) in [6.45, 7) is 0.644. The van der Waals surface area contributed by atoms with E-state index < -0.39 is 0 Å². The fraction of sp³-hybridized carbons (Fsp3) is 0.462. The van der Waals surface area contributed by atoms with E-state index >= 15 is 0 Å². The van der Waals surface area contributed by atoms with Crippen LogP contribution in [0.2, 0.25) is 0 Å². The number of nitrogens with two attached hydrogens (primary N) is 2. The van der Waals surface area contributed by atoms with Crippen LogP contribution in [0.4, 0.5) is 5.69 Å². The molecule has 0 saturated heterocycles. The van der Waals surface area contributed by atoms with E-state index in [2.05, 4.69) is 15.6 Å². The lowest BCUT2D eigenvalue weighted by molar-refractivity contribution is 0.313. The van der Waals surface area contributed by atoms with Crippen molar-refractivity contribution >= 4 is 16.7 Å². The molecule has 1 aromatic heterocycles. The SMILES string of the molecule is NCCc1nc2cc(N)ccc2n1C1CCC1. The molecule has 17 heavy (non-hydrogen) atoms. The van der Waals surface area contributed by atoms with Crippen LogP contribution >= 0.6 is 0 Å². The monoisotopic (exact) mass is 230 g/mol. The molecule has 0 amide bonds. The van der Waals surface area contributed by atoms with Gasteiger partial charge in [0.25, 0.3) is 0 Å². The van der Waals surface area contributed by atoms with Gasteiger partial charge in [-0.3, -0.25) is 0 Å². The van der Waals surface area contributed by atoms with Crippen molar-refractivity contribution in [3.05, 3.63) is 24.0 Å². The van der Waals surface area contributed by atoms with Gasteiger partial charge in [-0.05, 0) is 44.0 Å². The molecule has 0 radical (unpaired) electrons. The van der Waals surface area contributed by atoms with Crippen LogP contribution in [0.3, 0.4) is 0 Å². The van der Waals surface area contributed by atoms with Gasteiger partial charge in [-0.1, -0.05) is 0 Å². The van der Waals surface area contributed by atoms with Gasteiger partial charge in [0.05, 0.1) is 11.0 Å². The Kier molecular flexibility index (Phi) is 2.52. The van der Waals surface area contributed by atoms with Crippen molar-refractivity contribution < 1.29 is 0 Å². The lowest BCUT2D eigenvalue weighted by Gasteiger charge is -2.29. The quantitative estimate of drug-likeness (QED) is 0.790. The lowest BCUT2D eigenvalue weighted by atomic mass is 9.92. The molecule has 1 aliphatic carbocycles. The average Bonchev–Trinajstić information content (AvgIpc) is 2.55. The number of nitrogens with zero attached hydrogens (tertiary/aromatic N) is 2. The van der Waals surface area contributed by atoms with E-state index in [1.165, 1.54) is 24.8 Å². The highest BCUT2D eigenvalue weighted by Crippen LogP contribution is 2.35. The zero-order valence-electron chi connectivity index (χ0n) is 9.89. The predicted molar refractivity (Wildman–Crippen MR) is 69.8 cm³/mol. The molecule has 1 aromatic carbocycles. The maximum Gasteiger partial charge on any atom is 0.111 e. The number of hydrogen-bond donors (Lipinski definition) is 2. The molecule has 1 fully saturated rings. The number of rotatable bonds is 3. The van der Waals surface area contributed by atoms with E-state index in [-0.39, 0.29) is 0 Å². The third-order valence-electron chi connectivity index (χ3n) is 3.59. The molecule has 0 bridgehead atoms. The Morgan fingerprint density at radius 1 is 1.35 bits per heavy atom. The normalized spacial score (nSPS) is 16.3. The van der Waals surface area contributed by atoms with Crippen LogP contribution in [-0.2, 0) is 6.42 Å². The van der Waals surface area contributed by atoms with Gasteiger partial charge in [-0.15, -0.1) is 0 Å². The molecule has 1 heterocycles. The lowest BCUT2D eigenvalue weighted by Crippen LogP contribution is -2.20. The topological polar surface area (TPSA) is 69.9 Å². The van der Waals surface area contributed by atoms with Gasteiger partial charge < -0.3 is 16.0 Å². The average molecular weight is 230 g/mol. The van der Waals surface area contributed by atoms with Gasteiger partial charge in [0, 0.05) is 18.2 Å². The molecule has 0 unspecified atom stereocenters. The first-order valence-corrected chi connectivity index (χ1v) is 6.26. The Bertz CT molecular complexity index is 540. The second-order valence-electron chi connectivity index (χ2n) is 4.77. The molecular formula is C13H18N4. The van der Waals surface area contributed by atoms with Crippen LogP contribution in [0.1, 0.15) is 31.1 Å². The first-order chi connectivity index (χ1) is 8.29. The molecule has 1 aliphatic rings. The van der Waals surface area contributed by atoms with E-state index in [1.54, 1.807) is 0 Å². The number of anilines is 1. The number of hydrogen-bond acceptors (Lipinski definition) is 3. The van der Waals surface area contributed by atoms with Crippen molar-refractivity contribution in [1.29, 1.82) is 0 Å². The highest BCUT2D eigenvalue weighted by molar-refractivity contribution is 5.79. The van der Waals surface area contributed by atoms with Crippen molar-refractivity contribution in [2.24, 2.45) is 5.73 Å². The molecule has 2 aromatic rings. The second-order valence-corrected chi connectivity index (χ2v) is 4.77. The van der Waals surface area contributed by atoms with Crippen LogP contribution in [-0.4, -0.2) is 16.1 Å². The van der Waals surface area contributed by atoms with Crippen molar-refractivity contribution in [2.75, 3.05) is 12.3 Å². The van der Waals surface area contributed by atoms with Gasteiger partial charge in [-0.25, -0.2) is 4.98 Å². The largest absolute Gasteiger partial charge is 0.399 e. The van der Waals surface area contributed by atoms with Crippen molar-refractivity contribution in [3.8, 4) is 0 Å². The zero-order chi connectivity index (χ0) is 11.8. The van der Waals surface area contributed by atoms with Crippen molar-refractivity contribution in [2.45, 2.75) is 31.7 Å². The fourth-order valence-corrected chi connectivity index (χ4v) is 2.52. The molecule has 0 aliphatic heterocycles. The molecule has 4 nitrogen and oxygen atoms in total. The Hall–Kier alpha value is -1.55. The molecule has 3 rings (SSSR count). The highest BCUT2D eigenvalue weighted by Gasteiger charge is 2.24. The van der Waals surface area contributed by atoms with Crippen molar-refractivity contribution in [3.63, 3.8) is 0 Å². The molecule has 1 saturated carbocycles. The molecular weight excluding hydrogens is 212 g/mol. The summed E-state index contributed by atoms with van der Waals surface area (Å²) in [4.78, 5) is 4.67. The third-order valence-corrected chi connectivity index (χ3v) is 3.59. The van der Waals surface area contributed by atoms with Gasteiger partial charge in [0.15, 0.2) is 0 Å². The van der Waals surface area contributed by atoms with Crippen LogP contribution in [0.25, 0.3) is 11.0 Å².